The fraction of sp³-hybridized carbons (Fsp3) is 0.481. The zero-order chi connectivity index (χ0) is 24.6. The lowest BCUT2D eigenvalue weighted by Gasteiger charge is -2.37. The minimum Gasteiger partial charge on any atom is -0.493 e. The molecule has 2 aliphatic carbocycles. The number of nitrogens with one attached hydrogen (secondary N) is 2. The highest BCUT2D eigenvalue weighted by Crippen LogP contribution is 2.58. The Morgan fingerprint density at radius 3 is 2.34 bits per heavy atom. The maximum Gasteiger partial charge on any atom is 0.230 e. The number of tetrazole rings is 1. The van der Waals surface area contributed by atoms with Crippen LogP contribution in [-0.2, 0) is 4.79 Å². The molecule has 184 valence electrons. The second-order valence-corrected chi connectivity index (χ2v) is 10.6. The second kappa shape index (κ2) is 8.98. The van der Waals surface area contributed by atoms with Crippen LogP contribution in [0.5, 0.6) is 11.5 Å². The number of anilines is 1. The molecular formula is C27H33N5O3. The number of aromatic amines is 1. The Bertz CT molecular complexity index is 1210. The van der Waals surface area contributed by atoms with Crippen LogP contribution in [-0.4, -0.2) is 40.8 Å². The van der Waals surface area contributed by atoms with Crippen LogP contribution in [0.4, 0.5) is 5.69 Å². The lowest BCUT2D eigenvalue weighted by molar-refractivity contribution is -0.123. The average Bonchev–Trinajstić information content (AvgIpc) is 3.49. The first kappa shape index (κ1) is 23.3. The molecule has 0 aliphatic heterocycles. The van der Waals surface area contributed by atoms with Gasteiger partial charge in [0.2, 0.25) is 5.91 Å². The smallest absolute Gasteiger partial charge is 0.230 e. The molecule has 0 bridgehead atoms. The predicted molar refractivity (Wildman–Crippen MR) is 134 cm³/mol. The minimum absolute atomic E-state index is 0.141. The first-order chi connectivity index (χ1) is 16.8. The molecule has 1 aromatic heterocycles. The molecule has 1 heterocycles. The fourth-order valence-electron chi connectivity index (χ4n) is 5.51. The summed E-state index contributed by atoms with van der Waals surface area (Å²) in [5.41, 5.74) is 3.56. The van der Waals surface area contributed by atoms with E-state index in [-0.39, 0.29) is 11.3 Å². The molecule has 0 spiro atoms. The summed E-state index contributed by atoms with van der Waals surface area (Å²) >= 11 is 0. The van der Waals surface area contributed by atoms with Gasteiger partial charge in [0.25, 0.3) is 0 Å². The van der Waals surface area contributed by atoms with Gasteiger partial charge in [0, 0.05) is 11.3 Å². The number of hydrogen-bond donors (Lipinski definition) is 2. The Labute approximate surface area is 205 Å². The van der Waals surface area contributed by atoms with Crippen molar-refractivity contribution in [1.29, 1.82) is 0 Å². The minimum atomic E-state index is -0.216. The van der Waals surface area contributed by atoms with E-state index in [1.54, 1.807) is 14.2 Å². The molecule has 0 unspecified atom stereocenters. The number of rotatable bonds is 7. The van der Waals surface area contributed by atoms with Gasteiger partial charge in [-0.2, -0.15) is 0 Å². The van der Waals surface area contributed by atoms with Crippen LogP contribution >= 0.6 is 0 Å². The number of H-pyrrole nitrogens is 1. The zero-order valence-corrected chi connectivity index (χ0v) is 20.9. The van der Waals surface area contributed by atoms with Crippen LogP contribution in [0, 0.1) is 16.7 Å². The monoisotopic (exact) mass is 475 g/mol. The Morgan fingerprint density at radius 2 is 1.71 bits per heavy atom. The highest BCUT2D eigenvalue weighted by atomic mass is 16.5. The zero-order valence-electron chi connectivity index (χ0n) is 20.9. The van der Waals surface area contributed by atoms with Crippen LogP contribution in [0.3, 0.4) is 0 Å². The van der Waals surface area contributed by atoms with E-state index in [2.05, 4.69) is 39.8 Å². The Hall–Kier alpha value is -3.42. The van der Waals surface area contributed by atoms with E-state index in [0.717, 1.165) is 48.1 Å². The van der Waals surface area contributed by atoms with E-state index in [1.165, 1.54) is 12.8 Å². The number of methoxy groups -OCH3 is 2. The van der Waals surface area contributed by atoms with E-state index in [9.17, 15) is 4.79 Å². The molecule has 0 atom stereocenters. The second-order valence-electron chi connectivity index (χ2n) is 10.6. The predicted octanol–water partition coefficient (Wildman–Crippen LogP) is 5.49. The largest absolute Gasteiger partial charge is 0.493 e. The van der Waals surface area contributed by atoms with Crippen molar-refractivity contribution in [1.82, 2.24) is 20.6 Å². The molecule has 0 saturated heterocycles. The lowest BCUT2D eigenvalue weighted by Crippen LogP contribution is -2.35. The van der Waals surface area contributed by atoms with Gasteiger partial charge in [0.15, 0.2) is 17.3 Å². The fourth-order valence-corrected chi connectivity index (χ4v) is 5.51. The maximum atomic E-state index is 13.5. The lowest BCUT2D eigenvalue weighted by atomic mass is 9.68. The number of nitrogens with zero attached hydrogens (tertiary/aromatic N) is 3. The molecular weight excluding hydrogens is 442 g/mol. The van der Waals surface area contributed by atoms with Gasteiger partial charge in [-0.3, -0.25) is 4.79 Å². The quantitative estimate of drug-likeness (QED) is 0.469. The number of amides is 1. The molecule has 2 aromatic carbocycles. The Kier molecular flexibility index (Phi) is 5.99. The van der Waals surface area contributed by atoms with E-state index in [1.807, 2.05) is 36.4 Å². The molecule has 5 rings (SSSR count). The van der Waals surface area contributed by atoms with Gasteiger partial charge in [0.1, 0.15) is 0 Å². The summed E-state index contributed by atoms with van der Waals surface area (Å²) in [5.74, 6) is 2.43. The molecule has 8 heteroatoms. The number of hydrogen-bond acceptors (Lipinski definition) is 6. The number of carbonyl (C=O) groups is 1. The molecule has 2 aliphatic rings. The number of aromatic nitrogens is 4. The van der Waals surface area contributed by atoms with Crippen LogP contribution in [0.1, 0.15) is 52.4 Å². The van der Waals surface area contributed by atoms with Crippen molar-refractivity contribution in [2.45, 2.75) is 52.4 Å². The molecule has 3 aromatic rings. The maximum absolute atomic E-state index is 13.5. The van der Waals surface area contributed by atoms with E-state index in [4.69, 9.17) is 9.47 Å². The summed E-state index contributed by atoms with van der Waals surface area (Å²) in [6, 6.07) is 11.6. The summed E-state index contributed by atoms with van der Waals surface area (Å²) in [6.45, 7) is 4.67. The van der Waals surface area contributed by atoms with Gasteiger partial charge in [0.05, 0.1) is 19.6 Å². The molecule has 2 N–H and O–H groups in total. The first-order valence-corrected chi connectivity index (χ1v) is 12.3. The van der Waals surface area contributed by atoms with Gasteiger partial charge in [-0.1, -0.05) is 26.0 Å². The van der Waals surface area contributed by atoms with Gasteiger partial charge in [-0.15, -0.1) is 5.10 Å². The van der Waals surface area contributed by atoms with Crippen molar-refractivity contribution < 1.29 is 14.3 Å². The summed E-state index contributed by atoms with van der Waals surface area (Å²) in [6.07, 6.45) is 6.60. The van der Waals surface area contributed by atoms with Crippen LogP contribution < -0.4 is 14.8 Å². The van der Waals surface area contributed by atoms with Crippen LogP contribution in [0.25, 0.3) is 22.5 Å². The molecule has 35 heavy (non-hydrogen) atoms. The van der Waals surface area contributed by atoms with Crippen molar-refractivity contribution in [3.05, 3.63) is 36.4 Å². The molecule has 2 fully saturated rings. The summed E-state index contributed by atoms with van der Waals surface area (Å²) in [4.78, 5) is 13.5. The molecule has 0 radical (unpaired) electrons. The number of carbonyl (C=O) groups excluding carboxylic acids is 1. The van der Waals surface area contributed by atoms with Crippen molar-refractivity contribution in [2.75, 3.05) is 19.5 Å². The van der Waals surface area contributed by atoms with E-state index >= 15 is 0 Å². The summed E-state index contributed by atoms with van der Waals surface area (Å²) < 4.78 is 10.9. The van der Waals surface area contributed by atoms with Gasteiger partial charge in [-0.25, -0.2) is 5.10 Å². The van der Waals surface area contributed by atoms with Crippen molar-refractivity contribution >= 4 is 11.6 Å². The Morgan fingerprint density at radius 1 is 0.971 bits per heavy atom. The first-order valence-electron chi connectivity index (χ1n) is 12.3. The van der Waals surface area contributed by atoms with Crippen molar-refractivity contribution in [3.63, 3.8) is 0 Å². The normalized spacial score (nSPS) is 18.6. The van der Waals surface area contributed by atoms with Gasteiger partial charge in [-0.05, 0) is 95.7 Å². The number of benzene rings is 2. The molecule has 1 amide bonds. The van der Waals surface area contributed by atoms with Crippen LogP contribution in [0.15, 0.2) is 36.4 Å². The third kappa shape index (κ3) is 4.49. The average molecular weight is 476 g/mol. The van der Waals surface area contributed by atoms with Gasteiger partial charge < -0.3 is 14.8 Å². The third-order valence-electron chi connectivity index (χ3n) is 7.93. The standard InChI is InChI=1S/C27H33N5O3/c1-26(2)11-9-18(10-12-26)27(13-14-27)25(33)28-19-6-7-20(21(16-19)24-29-31-32-30-24)17-5-8-22(34-3)23(15-17)35-4/h5-8,15-16,18H,9-14H2,1-4H3,(H,28,33)(H,29,30,31,32). The van der Waals surface area contributed by atoms with E-state index < -0.39 is 0 Å². The van der Waals surface area contributed by atoms with E-state index in [0.29, 0.717) is 28.7 Å². The third-order valence-corrected chi connectivity index (χ3v) is 7.93. The molecule has 2 saturated carbocycles. The van der Waals surface area contributed by atoms with Crippen molar-refractivity contribution in [3.8, 4) is 34.0 Å². The highest BCUT2D eigenvalue weighted by Gasteiger charge is 2.56. The topological polar surface area (TPSA) is 102 Å². The summed E-state index contributed by atoms with van der Waals surface area (Å²) in [5, 5.41) is 17.7. The highest BCUT2D eigenvalue weighted by molar-refractivity contribution is 5.98. The van der Waals surface area contributed by atoms with Gasteiger partial charge >= 0.3 is 0 Å². The molecule has 8 nitrogen and oxygen atoms in total. The van der Waals surface area contributed by atoms with Crippen LogP contribution in [0.2, 0.25) is 0 Å². The van der Waals surface area contributed by atoms with Crippen molar-refractivity contribution in [2.24, 2.45) is 16.7 Å². The Balaban J connectivity index is 1.43. The SMILES string of the molecule is COc1ccc(-c2ccc(NC(=O)C3(C4CCC(C)(C)CC4)CC3)cc2-c2nnn[nH]2)cc1OC. The number of ether oxygens (including phenoxy) is 2. The summed E-state index contributed by atoms with van der Waals surface area (Å²) in [7, 11) is 3.23.